The van der Waals surface area contributed by atoms with Gasteiger partial charge in [0.1, 0.15) is 4.88 Å². The molecule has 0 aliphatic rings. The van der Waals surface area contributed by atoms with E-state index >= 15 is 0 Å². The lowest BCUT2D eigenvalue weighted by Crippen LogP contribution is -2.27. The largest absolute Gasteiger partial charge is 0.349 e. The third-order valence-corrected chi connectivity index (χ3v) is 5.72. The third-order valence-electron chi connectivity index (χ3n) is 3.73. The Labute approximate surface area is 168 Å². The number of rotatable bonds is 7. The number of hydrogen-bond acceptors (Lipinski definition) is 5. The molecule has 1 amide bonds. The van der Waals surface area contributed by atoms with Crippen LogP contribution in [0.3, 0.4) is 0 Å². The van der Waals surface area contributed by atoms with E-state index in [1.165, 1.54) is 11.3 Å². The monoisotopic (exact) mass is 456 g/mol. The zero-order chi connectivity index (χ0) is 18.7. The lowest BCUT2D eigenvalue weighted by Gasteiger charge is -2.07. The Morgan fingerprint density at radius 2 is 2.12 bits per heavy atom. The van der Waals surface area contributed by atoms with Crippen molar-refractivity contribution in [2.24, 2.45) is 0 Å². The number of halogens is 2. The first kappa shape index (κ1) is 19.1. The van der Waals surface area contributed by atoms with Crippen molar-refractivity contribution in [2.75, 3.05) is 6.54 Å². The predicted octanol–water partition coefficient (Wildman–Crippen LogP) is 3.49. The Balaban J connectivity index is 1.58. The first-order valence-electron chi connectivity index (χ1n) is 8.04. The molecule has 1 N–H and O–H groups in total. The highest BCUT2D eigenvalue weighted by Gasteiger charge is 2.19. The van der Waals surface area contributed by atoms with E-state index in [1.54, 1.807) is 28.0 Å². The average molecular weight is 458 g/mol. The Morgan fingerprint density at radius 3 is 2.77 bits per heavy atom. The summed E-state index contributed by atoms with van der Waals surface area (Å²) >= 11 is 10.7. The minimum absolute atomic E-state index is 0.105. The molecule has 0 aliphatic heterocycles. The molecule has 3 heterocycles. The van der Waals surface area contributed by atoms with Gasteiger partial charge in [0.15, 0.2) is 0 Å². The van der Waals surface area contributed by atoms with Crippen LogP contribution in [0.1, 0.15) is 33.2 Å². The van der Waals surface area contributed by atoms with Gasteiger partial charge in [0, 0.05) is 31.4 Å². The molecule has 0 saturated heterocycles. The number of nitrogens with zero attached hydrogens (tertiary/aromatic N) is 5. The molecule has 7 nitrogen and oxygen atoms in total. The lowest BCUT2D eigenvalue weighted by molar-refractivity contribution is 0.0955. The smallest absolute Gasteiger partial charge is 0.263 e. The van der Waals surface area contributed by atoms with Crippen LogP contribution >= 0.6 is 38.9 Å². The van der Waals surface area contributed by atoms with Crippen LogP contribution < -0.4 is 5.32 Å². The first-order chi connectivity index (χ1) is 12.4. The van der Waals surface area contributed by atoms with Gasteiger partial charge in [0.05, 0.1) is 39.1 Å². The lowest BCUT2D eigenvalue weighted by atomic mass is 10.2. The molecule has 138 valence electrons. The molecule has 0 aromatic carbocycles. The molecule has 3 aromatic rings. The zero-order valence-electron chi connectivity index (χ0n) is 14.3. The third kappa shape index (κ3) is 4.72. The Morgan fingerprint density at radius 1 is 1.35 bits per heavy atom. The van der Waals surface area contributed by atoms with E-state index in [-0.39, 0.29) is 11.8 Å². The van der Waals surface area contributed by atoms with Crippen molar-refractivity contribution in [3.05, 3.63) is 49.9 Å². The summed E-state index contributed by atoms with van der Waals surface area (Å²) in [4.78, 5) is 17.7. The van der Waals surface area contributed by atoms with Gasteiger partial charge in [0.2, 0.25) is 0 Å². The molecule has 0 saturated carbocycles. The molecule has 3 aromatic heterocycles. The topological polar surface area (TPSA) is 77.6 Å². The summed E-state index contributed by atoms with van der Waals surface area (Å²) < 4.78 is 4.47. The van der Waals surface area contributed by atoms with Gasteiger partial charge in [-0.1, -0.05) is 18.5 Å². The Bertz CT molecular complexity index is 904. The summed E-state index contributed by atoms with van der Waals surface area (Å²) in [7, 11) is 0. The number of nitrogens with one attached hydrogen (secondary N) is 1. The number of carbonyl (C=O) groups excluding carboxylic acids is 1. The van der Waals surface area contributed by atoms with E-state index in [0.717, 1.165) is 15.2 Å². The molecule has 0 fully saturated rings. The van der Waals surface area contributed by atoms with Crippen molar-refractivity contribution >= 4 is 44.8 Å². The van der Waals surface area contributed by atoms with Crippen LogP contribution in [0, 0.1) is 6.92 Å². The van der Waals surface area contributed by atoms with E-state index in [9.17, 15) is 4.79 Å². The van der Waals surface area contributed by atoms with Crippen LogP contribution in [0.2, 0.25) is 5.02 Å². The normalized spacial score (nSPS) is 12.3. The summed E-state index contributed by atoms with van der Waals surface area (Å²) in [6, 6.07) is 0. The fourth-order valence-electron chi connectivity index (χ4n) is 2.46. The SMILES string of the molecule is Cc1nc(C(C)Cn2cc(Cl)cn2)sc1C(=O)NCCn1cc(Br)cn1. The van der Waals surface area contributed by atoms with E-state index in [4.69, 9.17) is 11.6 Å². The molecule has 1 unspecified atom stereocenters. The first-order valence-corrected chi connectivity index (χ1v) is 10.0. The van der Waals surface area contributed by atoms with Crippen molar-refractivity contribution < 1.29 is 4.79 Å². The summed E-state index contributed by atoms with van der Waals surface area (Å²) in [5.41, 5.74) is 0.745. The van der Waals surface area contributed by atoms with E-state index < -0.39 is 0 Å². The van der Waals surface area contributed by atoms with Gasteiger partial charge in [-0.05, 0) is 22.9 Å². The highest BCUT2D eigenvalue weighted by Crippen LogP contribution is 2.26. The van der Waals surface area contributed by atoms with Gasteiger partial charge >= 0.3 is 0 Å². The van der Waals surface area contributed by atoms with Gasteiger partial charge in [0.25, 0.3) is 5.91 Å². The second kappa shape index (κ2) is 8.32. The Hall–Kier alpha value is -1.71. The van der Waals surface area contributed by atoms with Crippen LogP contribution in [0.25, 0.3) is 0 Å². The van der Waals surface area contributed by atoms with Crippen molar-refractivity contribution in [3.8, 4) is 0 Å². The maximum absolute atomic E-state index is 12.4. The van der Waals surface area contributed by atoms with E-state index in [1.807, 2.05) is 13.1 Å². The zero-order valence-corrected chi connectivity index (χ0v) is 17.5. The van der Waals surface area contributed by atoms with Crippen molar-refractivity contribution in [1.29, 1.82) is 0 Å². The summed E-state index contributed by atoms with van der Waals surface area (Å²) in [5, 5.41) is 12.8. The standard InChI is InChI=1S/C16H18BrClN6OS/c1-10(7-24-9-13(18)6-21-24)16-22-11(2)14(26-16)15(25)19-3-4-23-8-12(17)5-20-23/h5-6,8-10H,3-4,7H2,1-2H3,(H,19,25). The molecular formula is C16H18BrClN6OS. The van der Waals surface area contributed by atoms with Crippen molar-refractivity contribution in [2.45, 2.75) is 32.9 Å². The van der Waals surface area contributed by atoms with E-state index in [2.05, 4.69) is 43.4 Å². The maximum Gasteiger partial charge on any atom is 0.263 e. The minimum Gasteiger partial charge on any atom is -0.349 e. The molecular weight excluding hydrogens is 440 g/mol. The van der Waals surface area contributed by atoms with Crippen LogP contribution in [0.5, 0.6) is 0 Å². The number of aryl methyl sites for hydroxylation is 1. The fourth-order valence-corrected chi connectivity index (χ4v) is 3.97. The molecule has 0 radical (unpaired) electrons. The molecule has 26 heavy (non-hydrogen) atoms. The van der Waals surface area contributed by atoms with Crippen LogP contribution in [0.4, 0.5) is 0 Å². The van der Waals surface area contributed by atoms with Gasteiger partial charge in [-0.15, -0.1) is 11.3 Å². The van der Waals surface area contributed by atoms with Gasteiger partial charge in [-0.25, -0.2) is 4.98 Å². The minimum atomic E-state index is -0.105. The number of carbonyl (C=O) groups is 1. The molecule has 0 bridgehead atoms. The van der Waals surface area contributed by atoms with Crippen LogP contribution in [0.15, 0.2) is 29.3 Å². The second-order valence-electron chi connectivity index (χ2n) is 5.93. The molecule has 1 atom stereocenters. The summed E-state index contributed by atoms with van der Waals surface area (Å²) in [6.07, 6.45) is 6.97. The van der Waals surface area contributed by atoms with Gasteiger partial charge < -0.3 is 5.32 Å². The van der Waals surface area contributed by atoms with Crippen LogP contribution in [-0.4, -0.2) is 37.0 Å². The molecule has 10 heteroatoms. The predicted molar refractivity (Wildman–Crippen MR) is 105 cm³/mol. The number of aromatic nitrogens is 5. The van der Waals surface area contributed by atoms with Crippen LogP contribution in [-0.2, 0) is 13.1 Å². The fraction of sp³-hybridized carbons (Fsp3) is 0.375. The quantitative estimate of drug-likeness (QED) is 0.589. The van der Waals surface area contributed by atoms with Crippen molar-refractivity contribution in [1.82, 2.24) is 29.9 Å². The molecule has 0 spiro atoms. The highest BCUT2D eigenvalue weighted by molar-refractivity contribution is 9.10. The maximum atomic E-state index is 12.4. The number of amides is 1. The van der Waals surface area contributed by atoms with E-state index in [0.29, 0.717) is 29.5 Å². The number of thiazole rings is 1. The second-order valence-corrected chi connectivity index (χ2v) is 8.31. The summed E-state index contributed by atoms with van der Waals surface area (Å²) in [6.45, 7) is 5.69. The van der Waals surface area contributed by atoms with Gasteiger partial charge in [-0.3, -0.25) is 14.2 Å². The molecule has 0 aliphatic carbocycles. The Kier molecular flexibility index (Phi) is 6.10. The van der Waals surface area contributed by atoms with Gasteiger partial charge in [-0.2, -0.15) is 10.2 Å². The molecule has 3 rings (SSSR count). The summed E-state index contributed by atoms with van der Waals surface area (Å²) in [5.74, 6) is 0.0319. The average Bonchev–Trinajstić information content (AvgIpc) is 3.28. The highest BCUT2D eigenvalue weighted by atomic mass is 79.9. The van der Waals surface area contributed by atoms with Crippen molar-refractivity contribution in [3.63, 3.8) is 0 Å². The number of hydrogen-bond donors (Lipinski definition) is 1.